The number of rotatable bonds is 5. The molecule has 0 unspecified atom stereocenters. The van der Waals surface area contributed by atoms with Crippen molar-refractivity contribution in [2.75, 3.05) is 4.90 Å². The summed E-state index contributed by atoms with van der Waals surface area (Å²) < 4.78 is 0. The van der Waals surface area contributed by atoms with Crippen LogP contribution in [0.25, 0.3) is 43.8 Å². The Morgan fingerprint density at radius 1 is 0.425 bits per heavy atom. The number of benzene rings is 7. The average molecular weight is 512 g/mol. The van der Waals surface area contributed by atoms with E-state index in [1.54, 1.807) is 0 Å². The van der Waals surface area contributed by atoms with Crippen molar-refractivity contribution < 1.29 is 0 Å². The first kappa shape index (κ1) is 23.9. The van der Waals surface area contributed by atoms with E-state index in [1.165, 1.54) is 55.0 Å². The summed E-state index contributed by atoms with van der Waals surface area (Å²) in [4.78, 5) is 2.44. The average Bonchev–Trinajstić information content (AvgIpc) is 3.02. The minimum atomic E-state index is 1.13. The molecule has 0 radical (unpaired) electrons. The Morgan fingerprint density at radius 3 is 1.88 bits per heavy atom. The smallest absolute Gasteiger partial charge is 0.0546 e. The van der Waals surface area contributed by atoms with E-state index in [2.05, 4.69) is 170 Å². The predicted octanol–water partition coefficient (Wildman–Crippen LogP) is 11.1. The van der Waals surface area contributed by atoms with Crippen LogP contribution in [-0.2, 0) is 0 Å². The molecule has 0 heterocycles. The molecule has 1 nitrogen and oxygen atoms in total. The van der Waals surface area contributed by atoms with Gasteiger partial charge < -0.3 is 4.90 Å². The van der Waals surface area contributed by atoms with Crippen molar-refractivity contribution in [2.24, 2.45) is 0 Å². The minimum Gasteiger partial charge on any atom is -0.310 e. The zero-order chi connectivity index (χ0) is 26.9. The summed E-state index contributed by atoms with van der Waals surface area (Å²) in [6, 6.07) is 56.8. The van der Waals surface area contributed by atoms with Crippen LogP contribution in [0.15, 0.2) is 158 Å². The molecule has 0 saturated carbocycles. The molecule has 0 atom stereocenters. The van der Waals surface area contributed by atoms with Gasteiger partial charge in [0.25, 0.3) is 0 Å². The van der Waals surface area contributed by atoms with Gasteiger partial charge in [-0.15, -0.1) is 0 Å². The molecule has 0 aliphatic rings. The topological polar surface area (TPSA) is 3.24 Å². The third-order valence-corrected chi connectivity index (χ3v) is 7.77. The molecule has 0 saturated heterocycles. The first-order valence-corrected chi connectivity index (χ1v) is 13.8. The highest BCUT2D eigenvalue weighted by molar-refractivity contribution is 6.11. The highest BCUT2D eigenvalue weighted by Gasteiger charge is 2.21. The Kier molecular flexibility index (Phi) is 6.11. The fraction of sp³-hybridized carbons (Fsp3) is 0.0256. The summed E-state index contributed by atoms with van der Waals surface area (Å²) >= 11 is 0. The molecule has 0 aromatic heterocycles. The van der Waals surface area contributed by atoms with E-state index in [-0.39, 0.29) is 0 Å². The van der Waals surface area contributed by atoms with Gasteiger partial charge in [0.05, 0.1) is 5.69 Å². The number of hydrogen-bond acceptors (Lipinski definition) is 1. The van der Waals surface area contributed by atoms with E-state index < -0.39 is 0 Å². The number of hydrogen-bond donors (Lipinski definition) is 0. The SMILES string of the molecule is Cc1ccccc1N(c1cccc(-c2ccccc2)c1)c1ccc2ccccc2c1-c1cccc2ccccc12. The van der Waals surface area contributed by atoms with Crippen LogP contribution in [0.5, 0.6) is 0 Å². The third-order valence-electron chi connectivity index (χ3n) is 7.77. The number of fused-ring (bicyclic) bond motifs is 2. The molecular formula is C39H29N. The van der Waals surface area contributed by atoms with Crippen LogP contribution in [0, 0.1) is 6.92 Å². The maximum absolute atomic E-state index is 2.44. The molecule has 0 fully saturated rings. The fourth-order valence-corrected chi connectivity index (χ4v) is 5.85. The standard InChI is InChI=1S/C39H29N/c1-28-13-5-10-24-37(28)40(33-20-11-19-32(27-33)29-14-3-2-4-15-29)38-26-25-31-17-7-9-22-35(31)39(38)36-23-12-18-30-16-6-8-21-34(30)36/h2-27H,1H3. The van der Waals surface area contributed by atoms with Crippen molar-refractivity contribution in [2.45, 2.75) is 6.92 Å². The summed E-state index contributed by atoms with van der Waals surface area (Å²) in [6.07, 6.45) is 0. The quantitative estimate of drug-likeness (QED) is 0.222. The van der Waals surface area contributed by atoms with E-state index in [4.69, 9.17) is 0 Å². The number of anilines is 3. The Morgan fingerprint density at radius 2 is 1.05 bits per heavy atom. The third kappa shape index (κ3) is 4.22. The van der Waals surface area contributed by atoms with Gasteiger partial charge in [-0.3, -0.25) is 0 Å². The molecule has 0 aliphatic carbocycles. The Labute approximate surface area is 235 Å². The molecule has 40 heavy (non-hydrogen) atoms. The van der Waals surface area contributed by atoms with Crippen LogP contribution in [0.1, 0.15) is 5.56 Å². The lowest BCUT2D eigenvalue weighted by atomic mass is 9.91. The van der Waals surface area contributed by atoms with Crippen LogP contribution >= 0.6 is 0 Å². The molecule has 0 amide bonds. The van der Waals surface area contributed by atoms with Gasteiger partial charge in [-0.2, -0.15) is 0 Å². The van der Waals surface area contributed by atoms with E-state index in [0.717, 1.165) is 11.4 Å². The largest absolute Gasteiger partial charge is 0.310 e. The molecular weight excluding hydrogens is 482 g/mol. The van der Waals surface area contributed by atoms with Crippen molar-refractivity contribution >= 4 is 38.6 Å². The maximum Gasteiger partial charge on any atom is 0.0546 e. The van der Waals surface area contributed by atoms with Gasteiger partial charge in [0.2, 0.25) is 0 Å². The van der Waals surface area contributed by atoms with E-state index in [0.29, 0.717) is 0 Å². The fourth-order valence-electron chi connectivity index (χ4n) is 5.85. The number of nitrogens with zero attached hydrogens (tertiary/aromatic N) is 1. The highest BCUT2D eigenvalue weighted by Crippen LogP contribution is 2.47. The molecule has 0 spiro atoms. The molecule has 0 bridgehead atoms. The first-order chi connectivity index (χ1) is 19.8. The van der Waals surface area contributed by atoms with Crippen LogP contribution in [0.3, 0.4) is 0 Å². The van der Waals surface area contributed by atoms with Gasteiger partial charge in [0, 0.05) is 16.9 Å². The second-order valence-electron chi connectivity index (χ2n) is 10.2. The van der Waals surface area contributed by atoms with E-state index >= 15 is 0 Å². The van der Waals surface area contributed by atoms with Crippen LogP contribution in [0.4, 0.5) is 17.1 Å². The number of aryl methyl sites for hydroxylation is 1. The van der Waals surface area contributed by atoms with Gasteiger partial charge in [0.15, 0.2) is 0 Å². The van der Waals surface area contributed by atoms with E-state index in [1.807, 2.05) is 0 Å². The van der Waals surface area contributed by atoms with Crippen molar-refractivity contribution in [3.8, 4) is 22.3 Å². The molecule has 7 aromatic rings. The van der Waals surface area contributed by atoms with Crippen LogP contribution in [-0.4, -0.2) is 0 Å². The summed E-state index contributed by atoms with van der Waals surface area (Å²) in [6.45, 7) is 2.20. The van der Waals surface area contributed by atoms with Gasteiger partial charge in [-0.05, 0) is 75.0 Å². The van der Waals surface area contributed by atoms with E-state index in [9.17, 15) is 0 Å². The van der Waals surface area contributed by atoms with Crippen LogP contribution in [0.2, 0.25) is 0 Å². The molecule has 190 valence electrons. The Balaban J connectivity index is 1.56. The minimum absolute atomic E-state index is 1.13. The molecule has 0 aliphatic heterocycles. The lowest BCUT2D eigenvalue weighted by Gasteiger charge is -2.30. The Hall–Kier alpha value is -5.14. The van der Waals surface area contributed by atoms with Gasteiger partial charge in [-0.1, -0.05) is 133 Å². The second-order valence-corrected chi connectivity index (χ2v) is 10.2. The molecule has 1 heteroatoms. The Bertz CT molecular complexity index is 1960. The lowest BCUT2D eigenvalue weighted by Crippen LogP contribution is -2.13. The summed E-state index contributed by atoms with van der Waals surface area (Å²) in [5, 5.41) is 4.98. The maximum atomic E-state index is 2.44. The predicted molar refractivity (Wildman–Crippen MR) is 172 cm³/mol. The molecule has 0 N–H and O–H groups in total. The zero-order valence-electron chi connectivity index (χ0n) is 22.5. The second kappa shape index (κ2) is 10.2. The monoisotopic (exact) mass is 511 g/mol. The van der Waals surface area contributed by atoms with Gasteiger partial charge >= 0.3 is 0 Å². The van der Waals surface area contributed by atoms with Crippen LogP contribution < -0.4 is 4.90 Å². The summed E-state index contributed by atoms with van der Waals surface area (Å²) in [7, 11) is 0. The van der Waals surface area contributed by atoms with Gasteiger partial charge in [-0.25, -0.2) is 0 Å². The summed E-state index contributed by atoms with van der Waals surface area (Å²) in [5.41, 5.74) is 9.58. The number of para-hydroxylation sites is 1. The highest BCUT2D eigenvalue weighted by atomic mass is 15.1. The van der Waals surface area contributed by atoms with Crippen molar-refractivity contribution in [1.29, 1.82) is 0 Å². The molecule has 7 rings (SSSR count). The summed E-state index contributed by atoms with van der Waals surface area (Å²) in [5.74, 6) is 0. The van der Waals surface area contributed by atoms with Crippen molar-refractivity contribution in [3.63, 3.8) is 0 Å². The lowest BCUT2D eigenvalue weighted by molar-refractivity contribution is 1.26. The normalized spacial score (nSPS) is 11.1. The van der Waals surface area contributed by atoms with Gasteiger partial charge in [0.1, 0.15) is 0 Å². The van der Waals surface area contributed by atoms with Crippen molar-refractivity contribution in [1.82, 2.24) is 0 Å². The zero-order valence-corrected chi connectivity index (χ0v) is 22.5. The first-order valence-electron chi connectivity index (χ1n) is 13.8. The molecule has 7 aromatic carbocycles. The van der Waals surface area contributed by atoms with Crippen molar-refractivity contribution in [3.05, 3.63) is 163 Å².